The van der Waals surface area contributed by atoms with Crippen molar-refractivity contribution in [2.24, 2.45) is 0 Å². The summed E-state index contributed by atoms with van der Waals surface area (Å²) in [5.74, 6) is -1.33. The number of benzene rings is 1. The van der Waals surface area contributed by atoms with Gasteiger partial charge < -0.3 is 5.73 Å². The van der Waals surface area contributed by atoms with Crippen LogP contribution >= 0.6 is 34.5 Å². The Bertz CT molecular complexity index is 1700. The summed E-state index contributed by atoms with van der Waals surface area (Å²) in [6, 6.07) is 7.35. The van der Waals surface area contributed by atoms with Crippen LogP contribution in [0.15, 0.2) is 59.4 Å². The van der Waals surface area contributed by atoms with Crippen molar-refractivity contribution in [3.05, 3.63) is 81.6 Å². The third kappa shape index (κ3) is 5.46. The molecule has 2 unspecified atom stereocenters. The number of halogens is 4. The zero-order chi connectivity index (χ0) is 27.9. The number of nitrogens with zero attached hydrogens (tertiary/aromatic N) is 4. The van der Waals surface area contributed by atoms with E-state index in [1.807, 2.05) is 0 Å². The van der Waals surface area contributed by atoms with Gasteiger partial charge in [-0.15, -0.1) is 11.3 Å². The van der Waals surface area contributed by atoms with E-state index in [0.717, 1.165) is 6.20 Å². The Balaban J connectivity index is 1.53. The van der Waals surface area contributed by atoms with Gasteiger partial charge in [0, 0.05) is 12.1 Å². The van der Waals surface area contributed by atoms with E-state index in [1.165, 1.54) is 41.8 Å². The molecule has 0 spiro atoms. The van der Waals surface area contributed by atoms with E-state index < -0.39 is 27.9 Å². The van der Waals surface area contributed by atoms with Crippen LogP contribution < -0.4 is 10.5 Å². The van der Waals surface area contributed by atoms with Crippen LogP contribution in [0.3, 0.4) is 0 Å². The quantitative estimate of drug-likeness (QED) is 0.272. The van der Waals surface area contributed by atoms with Crippen LogP contribution in [-0.4, -0.2) is 34.5 Å². The first-order valence-electron chi connectivity index (χ1n) is 11.6. The zero-order valence-corrected chi connectivity index (χ0v) is 23.3. The number of aromatic nitrogens is 4. The smallest absolute Gasteiger partial charge is 0.264 e. The van der Waals surface area contributed by atoms with E-state index in [4.69, 9.17) is 28.9 Å². The van der Waals surface area contributed by atoms with Crippen LogP contribution in [0, 0.1) is 12.7 Å². The molecule has 0 amide bonds. The molecular formula is C25H20Cl2F2N6O2S2. The second kappa shape index (κ2) is 10.8. The minimum atomic E-state index is -4.31. The third-order valence-corrected chi connectivity index (χ3v) is 9.72. The first-order valence-corrected chi connectivity index (χ1v) is 14.6. The van der Waals surface area contributed by atoms with Crippen molar-refractivity contribution in [3.8, 4) is 21.3 Å². The number of sulfonamides is 1. The molecular weight excluding hydrogens is 589 g/mol. The first kappa shape index (κ1) is 27.4. The molecule has 3 N–H and O–H groups in total. The molecule has 0 bridgehead atoms. The number of allylic oxidation sites excluding steroid dienone is 2. The van der Waals surface area contributed by atoms with E-state index in [1.54, 1.807) is 19.1 Å². The number of nitrogen functional groups attached to an aromatic ring is 1. The second-order valence-electron chi connectivity index (χ2n) is 8.75. The van der Waals surface area contributed by atoms with Gasteiger partial charge in [-0.25, -0.2) is 32.2 Å². The van der Waals surface area contributed by atoms with Gasteiger partial charge in [0.25, 0.3) is 10.0 Å². The molecule has 5 rings (SSSR count). The van der Waals surface area contributed by atoms with Gasteiger partial charge in [-0.05, 0) is 49.6 Å². The molecule has 1 aromatic carbocycles. The molecule has 14 heteroatoms. The lowest BCUT2D eigenvalue weighted by atomic mass is 9.87. The highest BCUT2D eigenvalue weighted by molar-refractivity contribution is 7.89. The standard InChI is InChI=1S/C25H20Cl2F2N6O2S2/c1-12-5-7-15(26)23(19(12)27)39(36,37)35-16-4-2-3-14(20(16)29)21-22(17-9-10-31-25(30)33-17)38-24(34-21)18-8-6-13(28)11-32-18/h4-11,14,20,35H,2-3H2,1H3,(H2,30,31,33). The fourth-order valence-corrected chi connectivity index (χ4v) is 7.62. The van der Waals surface area contributed by atoms with Gasteiger partial charge in [-0.1, -0.05) is 35.3 Å². The maximum Gasteiger partial charge on any atom is 0.264 e. The number of aryl methyl sites for hydroxylation is 1. The van der Waals surface area contributed by atoms with E-state index in [-0.39, 0.29) is 26.6 Å². The van der Waals surface area contributed by atoms with Gasteiger partial charge in [0.2, 0.25) is 5.95 Å². The fraction of sp³-hybridized carbons (Fsp3) is 0.200. The normalized spacial score (nSPS) is 17.6. The number of hydrogen-bond acceptors (Lipinski definition) is 8. The minimum absolute atomic E-state index is 0.0222. The lowest BCUT2D eigenvalue weighted by Gasteiger charge is -2.27. The van der Waals surface area contributed by atoms with Gasteiger partial charge in [-0.2, -0.15) is 0 Å². The Morgan fingerprint density at radius 1 is 1.10 bits per heavy atom. The van der Waals surface area contributed by atoms with Crippen molar-refractivity contribution in [3.63, 3.8) is 0 Å². The maximum absolute atomic E-state index is 16.1. The van der Waals surface area contributed by atoms with Crippen molar-refractivity contribution in [1.82, 2.24) is 24.7 Å². The first-order chi connectivity index (χ1) is 18.5. The Morgan fingerprint density at radius 2 is 1.90 bits per heavy atom. The predicted molar refractivity (Wildman–Crippen MR) is 147 cm³/mol. The zero-order valence-electron chi connectivity index (χ0n) is 20.2. The summed E-state index contributed by atoms with van der Waals surface area (Å²) in [5, 5.41) is 0.290. The van der Waals surface area contributed by atoms with E-state index >= 15 is 4.39 Å². The average Bonchev–Trinajstić information content (AvgIpc) is 3.33. The number of anilines is 1. The molecule has 0 aliphatic heterocycles. The fourth-order valence-electron chi connectivity index (χ4n) is 4.23. The molecule has 2 atom stereocenters. The monoisotopic (exact) mass is 608 g/mol. The molecule has 0 saturated carbocycles. The SMILES string of the molecule is Cc1ccc(Cl)c(S(=O)(=O)NC2=CCCC(c3nc(-c4ccc(F)cn4)sc3-c3ccnc(N)n3)C2F)c1Cl. The number of rotatable bonds is 6. The Hall–Kier alpha value is -3.19. The third-order valence-electron chi connectivity index (χ3n) is 6.11. The van der Waals surface area contributed by atoms with Crippen LogP contribution in [0.4, 0.5) is 14.7 Å². The van der Waals surface area contributed by atoms with Crippen molar-refractivity contribution in [2.75, 3.05) is 5.73 Å². The molecule has 1 aliphatic rings. The summed E-state index contributed by atoms with van der Waals surface area (Å²) in [4.78, 5) is 17.1. The van der Waals surface area contributed by atoms with E-state index in [2.05, 4.69) is 24.7 Å². The van der Waals surface area contributed by atoms with Gasteiger partial charge in [0.05, 0.1) is 43.9 Å². The molecule has 202 valence electrons. The van der Waals surface area contributed by atoms with Crippen LogP contribution in [0.5, 0.6) is 0 Å². The predicted octanol–water partition coefficient (Wildman–Crippen LogP) is 6.08. The summed E-state index contributed by atoms with van der Waals surface area (Å²) >= 11 is 13.6. The molecule has 3 heterocycles. The number of pyridine rings is 1. The number of alkyl halides is 1. The number of thiazole rings is 1. The molecule has 0 fully saturated rings. The second-order valence-corrected chi connectivity index (χ2v) is 12.2. The summed E-state index contributed by atoms with van der Waals surface area (Å²) in [6.07, 6.45) is 2.96. The van der Waals surface area contributed by atoms with Crippen molar-refractivity contribution in [1.29, 1.82) is 0 Å². The molecule has 0 radical (unpaired) electrons. The Morgan fingerprint density at radius 3 is 2.62 bits per heavy atom. The summed E-state index contributed by atoms with van der Waals surface area (Å²) < 4.78 is 58.5. The van der Waals surface area contributed by atoms with E-state index in [9.17, 15) is 12.8 Å². The van der Waals surface area contributed by atoms with Crippen LogP contribution in [0.1, 0.15) is 30.0 Å². The van der Waals surface area contributed by atoms with Crippen LogP contribution in [0.25, 0.3) is 21.3 Å². The van der Waals surface area contributed by atoms with Crippen molar-refractivity contribution in [2.45, 2.75) is 36.8 Å². The topological polar surface area (TPSA) is 124 Å². The molecule has 3 aromatic heterocycles. The van der Waals surface area contributed by atoms with Crippen LogP contribution in [0.2, 0.25) is 10.0 Å². The summed E-state index contributed by atoms with van der Waals surface area (Å²) in [7, 11) is -4.31. The lowest BCUT2D eigenvalue weighted by Crippen LogP contribution is -2.33. The summed E-state index contributed by atoms with van der Waals surface area (Å²) in [6.45, 7) is 1.64. The van der Waals surface area contributed by atoms with Crippen molar-refractivity contribution < 1.29 is 17.2 Å². The molecule has 0 saturated heterocycles. The van der Waals surface area contributed by atoms with Crippen molar-refractivity contribution >= 4 is 50.5 Å². The summed E-state index contributed by atoms with van der Waals surface area (Å²) in [5.41, 5.74) is 7.31. The average molecular weight is 610 g/mol. The maximum atomic E-state index is 16.1. The van der Waals surface area contributed by atoms with Gasteiger partial charge in [0.1, 0.15) is 21.9 Å². The van der Waals surface area contributed by atoms with E-state index in [0.29, 0.717) is 45.4 Å². The Kier molecular flexibility index (Phi) is 7.55. The number of hydrogen-bond donors (Lipinski definition) is 2. The van der Waals surface area contributed by atoms with Gasteiger partial charge in [-0.3, -0.25) is 9.71 Å². The highest BCUT2D eigenvalue weighted by Crippen LogP contribution is 2.44. The van der Waals surface area contributed by atoms with Gasteiger partial charge >= 0.3 is 0 Å². The lowest BCUT2D eigenvalue weighted by molar-refractivity contribution is 0.292. The number of nitrogens with one attached hydrogen (secondary N) is 1. The largest absolute Gasteiger partial charge is 0.368 e. The molecule has 39 heavy (non-hydrogen) atoms. The Labute approximate surface area is 237 Å². The van der Waals surface area contributed by atoms with Gasteiger partial charge in [0.15, 0.2) is 0 Å². The highest BCUT2D eigenvalue weighted by atomic mass is 35.5. The number of nitrogens with two attached hydrogens (primary N) is 1. The minimum Gasteiger partial charge on any atom is -0.368 e. The molecule has 8 nitrogen and oxygen atoms in total. The highest BCUT2D eigenvalue weighted by Gasteiger charge is 2.36. The van der Waals surface area contributed by atoms with Crippen LogP contribution in [-0.2, 0) is 10.0 Å². The molecule has 4 aromatic rings. The molecule has 1 aliphatic carbocycles.